The Kier molecular flexibility index (Phi) is 5.76. The molecule has 6 nitrogen and oxygen atoms in total. The Morgan fingerprint density at radius 3 is 2.61 bits per heavy atom. The molecule has 0 saturated carbocycles. The molecule has 0 bridgehead atoms. The lowest BCUT2D eigenvalue weighted by Gasteiger charge is -2.08. The molecule has 0 aliphatic heterocycles. The van der Waals surface area contributed by atoms with Crippen LogP contribution < -0.4 is 10.6 Å². The Labute approximate surface area is 167 Å². The second kappa shape index (κ2) is 8.07. The fourth-order valence-electron chi connectivity index (χ4n) is 2.31. The van der Waals surface area contributed by atoms with Gasteiger partial charge < -0.3 is 5.32 Å². The summed E-state index contributed by atoms with van der Waals surface area (Å²) in [6.07, 6.45) is -3.13. The van der Waals surface area contributed by atoms with E-state index < -0.39 is 17.8 Å². The Balaban J connectivity index is 1.63. The monoisotopic (exact) mass is 429 g/mol. The number of urea groups is 1. The maximum atomic E-state index is 12.8. The predicted octanol–water partition coefficient (Wildman–Crippen LogP) is 5.30. The van der Waals surface area contributed by atoms with Gasteiger partial charge in [0.05, 0.1) is 22.8 Å². The molecule has 3 rings (SSSR count). The zero-order chi connectivity index (χ0) is 20.3. The van der Waals surface area contributed by atoms with Gasteiger partial charge in [0.2, 0.25) is 5.95 Å². The van der Waals surface area contributed by atoms with Crippen molar-refractivity contribution in [1.29, 1.82) is 0 Å². The summed E-state index contributed by atoms with van der Waals surface area (Å²) in [7, 11) is 0. The van der Waals surface area contributed by atoms with Crippen molar-refractivity contribution in [3.8, 4) is 0 Å². The van der Waals surface area contributed by atoms with Gasteiger partial charge in [-0.2, -0.15) is 13.2 Å². The number of benzene rings is 2. The van der Waals surface area contributed by atoms with Crippen LogP contribution in [0.1, 0.15) is 11.1 Å². The number of nitrogens with zero attached hydrogens (tertiary/aromatic N) is 3. The Morgan fingerprint density at radius 1 is 1.11 bits per heavy atom. The average molecular weight is 430 g/mol. The van der Waals surface area contributed by atoms with Gasteiger partial charge in [-0.25, -0.2) is 14.5 Å². The SMILES string of the molecule is O=C(Nc1ncn(Cc2cccc(C(F)(F)F)c2)n1)Nc1ccc(Cl)cc1Cl. The van der Waals surface area contributed by atoms with E-state index in [9.17, 15) is 18.0 Å². The number of nitrogens with one attached hydrogen (secondary N) is 2. The highest BCUT2D eigenvalue weighted by Gasteiger charge is 2.30. The lowest BCUT2D eigenvalue weighted by atomic mass is 10.1. The van der Waals surface area contributed by atoms with Crippen LogP contribution in [-0.4, -0.2) is 20.8 Å². The normalized spacial score (nSPS) is 11.3. The Bertz CT molecular complexity index is 1010. The molecule has 2 N–H and O–H groups in total. The molecular formula is C17H12Cl2F3N5O. The summed E-state index contributed by atoms with van der Waals surface area (Å²) in [6, 6.07) is 8.81. The minimum absolute atomic E-state index is 0.0189. The molecule has 3 aromatic rings. The zero-order valence-electron chi connectivity index (χ0n) is 14.0. The van der Waals surface area contributed by atoms with E-state index in [1.165, 1.54) is 29.2 Å². The van der Waals surface area contributed by atoms with Gasteiger partial charge in [0.25, 0.3) is 0 Å². The van der Waals surface area contributed by atoms with Gasteiger partial charge in [0.1, 0.15) is 6.33 Å². The smallest absolute Gasteiger partial charge is 0.306 e. The third kappa shape index (κ3) is 5.14. The minimum Gasteiger partial charge on any atom is -0.306 e. The molecule has 0 fully saturated rings. The van der Waals surface area contributed by atoms with Crippen molar-refractivity contribution in [3.05, 3.63) is 70.0 Å². The van der Waals surface area contributed by atoms with Crippen LogP contribution in [-0.2, 0) is 12.7 Å². The van der Waals surface area contributed by atoms with Crippen LogP contribution in [0.25, 0.3) is 0 Å². The number of amides is 2. The van der Waals surface area contributed by atoms with Crippen molar-refractivity contribution in [2.24, 2.45) is 0 Å². The number of carbonyl (C=O) groups is 1. The van der Waals surface area contributed by atoms with Crippen molar-refractivity contribution < 1.29 is 18.0 Å². The van der Waals surface area contributed by atoms with Gasteiger partial charge >= 0.3 is 12.2 Å². The van der Waals surface area contributed by atoms with E-state index >= 15 is 0 Å². The molecular weight excluding hydrogens is 418 g/mol. The first-order valence-electron chi connectivity index (χ1n) is 7.79. The average Bonchev–Trinajstić information content (AvgIpc) is 3.03. The van der Waals surface area contributed by atoms with Crippen LogP contribution in [0.2, 0.25) is 10.0 Å². The van der Waals surface area contributed by atoms with Gasteiger partial charge in [0, 0.05) is 5.02 Å². The van der Waals surface area contributed by atoms with Crippen molar-refractivity contribution in [2.45, 2.75) is 12.7 Å². The third-order valence-electron chi connectivity index (χ3n) is 3.54. The molecule has 0 radical (unpaired) electrons. The fraction of sp³-hybridized carbons (Fsp3) is 0.118. The number of hydrogen-bond donors (Lipinski definition) is 2. The van der Waals surface area contributed by atoms with Gasteiger partial charge in [-0.3, -0.25) is 5.32 Å². The molecule has 0 aliphatic carbocycles. The van der Waals surface area contributed by atoms with Gasteiger partial charge in [0.15, 0.2) is 0 Å². The first-order chi connectivity index (χ1) is 13.2. The van der Waals surface area contributed by atoms with Gasteiger partial charge in [-0.15, -0.1) is 5.10 Å². The number of aromatic nitrogens is 3. The van der Waals surface area contributed by atoms with Crippen molar-refractivity contribution >= 4 is 40.9 Å². The number of carbonyl (C=O) groups excluding carboxylic acids is 1. The van der Waals surface area contributed by atoms with Gasteiger partial charge in [-0.05, 0) is 35.9 Å². The number of anilines is 2. The van der Waals surface area contributed by atoms with E-state index in [1.54, 1.807) is 12.1 Å². The zero-order valence-corrected chi connectivity index (χ0v) is 15.5. The van der Waals surface area contributed by atoms with Crippen LogP contribution in [0, 0.1) is 0 Å². The van der Waals surface area contributed by atoms with Crippen LogP contribution in [0.4, 0.5) is 29.6 Å². The fourth-order valence-corrected chi connectivity index (χ4v) is 2.76. The quantitative estimate of drug-likeness (QED) is 0.591. The lowest BCUT2D eigenvalue weighted by Crippen LogP contribution is -2.20. The van der Waals surface area contributed by atoms with Crippen molar-refractivity contribution in [3.63, 3.8) is 0 Å². The summed E-state index contributed by atoms with van der Waals surface area (Å²) in [6.45, 7) is 0.0588. The molecule has 0 aliphatic rings. The number of hydrogen-bond acceptors (Lipinski definition) is 3. The molecule has 0 spiro atoms. The summed E-state index contributed by atoms with van der Waals surface area (Å²) in [5, 5.41) is 9.61. The molecule has 0 atom stereocenters. The van der Waals surface area contributed by atoms with E-state index in [0.29, 0.717) is 16.3 Å². The molecule has 0 saturated heterocycles. The first kappa shape index (κ1) is 20.0. The second-order valence-corrected chi connectivity index (χ2v) is 6.51. The molecule has 2 aromatic carbocycles. The molecule has 1 aromatic heterocycles. The van der Waals surface area contributed by atoms with E-state index in [-0.39, 0.29) is 17.5 Å². The number of alkyl halides is 3. The Hall–Kier alpha value is -2.78. The molecule has 146 valence electrons. The lowest BCUT2D eigenvalue weighted by molar-refractivity contribution is -0.137. The summed E-state index contributed by atoms with van der Waals surface area (Å²) in [5.74, 6) is -0.0189. The maximum Gasteiger partial charge on any atom is 0.416 e. The maximum absolute atomic E-state index is 12.8. The van der Waals surface area contributed by atoms with Crippen LogP contribution >= 0.6 is 23.2 Å². The third-order valence-corrected chi connectivity index (χ3v) is 4.09. The standard InChI is InChI=1S/C17H12Cl2F3N5O/c18-12-4-5-14(13(19)7-12)24-16(28)25-15-23-9-27(26-15)8-10-2-1-3-11(6-10)17(20,21)22/h1-7,9H,8H2,(H2,24,25,26,28). The summed E-state index contributed by atoms with van der Waals surface area (Å²) in [4.78, 5) is 15.9. The molecule has 28 heavy (non-hydrogen) atoms. The molecule has 11 heteroatoms. The highest BCUT2D eigenvalue weighted by atomic mass is 35.5. The number of rotatable bonds is 4. The highest BCUT2D eigenvalue weighted by Crippen LogP contribution is 2.29. The van der Waals surface area contributed by atoms with E-state index in [4.69, 9.17) is 23.2 Å². The van der Waals surface area contributed by atoms with Crippen LogP contribution in [0.15, 0.2) is 48.8 Å². The van der Waals surface area contributed by atoms with E-state index in [1.807, 2.05) is 0 Å². The van der Waals surface area contributed by atoms with Crippen LogP contribution in [0.3, 0.4) is 0 Å². The topological polar surface area (TPSA) is 71.8 Å². The first-order valence-corrected chi connectivity index (χ1v) is 8.55. The summed E-state index contributed by atoms with van der Waals surface area (Å²) < 4.78 is 39.6. The number of halogens is 5. The van der Waals surface area contributed by atoms with Crippen molar-refractivity contribution in [1.82, 2.24) is 14.8 Å². The molecule has 2 amide bonds. The summed E-state index contributed by atoms with van der Waals surface area (Å²) in [5.41, 5.74) is -0.0154. The highest BCUT2D eigenvalue weighted by molar-refractivity contribution is 6.36. The van der Waals surface area contributed by atoms with Crippen LogP contribution in [0.5, 0.6) is 0 Å². The largest absolute Gasteiger partial charge is 0.416 e. The predicted molar refractivity (Wildman–Crippen MR) is 99.7 cm³/mol. The van der Waals surface area contributed by atoms with Crippen molar-refractivity contribution in [2.75, 3.05) is 10.6 Å². The van der Waals surface area contributed by atoms with E-state index in [0.717, 1.165) is 12.1 Å². The van der Waals surface area contributed by atoms with E-state index in [2.05, 4.69) is 20.7 Å². The molecule has 0 unspecified atom stereocenters. The minimum atomic E-state index is -4.42. The molecule has 1 heterocycles. The van der Waals surface area contributed by atoms with Gasteiger partial charge in [-0.1, -0.05) is 35.3 Å². The summed E-state index contributed by atoms with van der Waals surface area (Å²) >= 11 is 11.8. The second-order valence-electron chi connectivity index (χ2n) is 5.67. The Morgan fingerprint density at radius 2 is 1.89 bits per heavy atom.